The van der Waals surface area contributed by atoms with E-state index in [0.717, 1.165) is 0 Å². The Morgan fingerprint density at radius 2 is 2.17 bits per heavy atom. The van der Waals surface area contributed by atoms with Gasteiger partial charge in [0, 0.05) is 6.42 Å². The van der Waals surface area contributed by atoms with E-state index < -0.39 is 38.4 Å². The number of nitrogens with zero attached hydrogens (tertiary/aromatic N) is 3. The minimum atomic E-state index is -5.14. The molecule has 2 N–H and O–H groups in total. The molecule has 24 heavy (non-hydrogen) atoms. The third kappa shape index (κ3) is 4.97. The summed E-state index contributed by atoms with van der Waals surface area (Å²) < 4.78 is 21.5. The molecule has 0 unspecified atom stereocenters. The van der Waals surface area contributed by atoms with Crippen molar-refractivity contribution in [2.45, 2.75) is 24.9 Å². The van der Waals surface area contributed by atoms with E-state index in [1.54, 1.807) is 0 Å². The van der Waals surface area contributed by atoms with Gasteiger partial charge in [-0.1, -0.05) is 0 Å². The summed E-state index contributed by atoms with van der Waals surface area (Å²) in [6.45, 7) is -0.581. The molecule has 0 aliphatic carbocycles. The van der Waals surface area contributed by atoms with Crippen LogP contribution in [-0.4, -0.2) is 43.4 Å². The molecular formula is C10H11N4Na2O7P. The number of phosphoric acid groups is 1. The zero-order valence-corrected chi connectivity index (χ0v) is 17.9. The maximum atomic E-state index is 11.6. The number of H-pyrrole nitrogens is 1. The molecule has 0 bridgehead atoms. The van der Waals surface area contributed by atoms with Gasteiger partial charge in [-0.05, 0) is 0 Å². The van der Waals surface area contributed by atoms with Crippen molar-refractivity contribution < 1.29 is 87.8 Å². The molecule has 2 aromatic rings. The number of aromatic nitrogens is 4. The molecule has 0 radical (unpaired) electrons. The smallest absolute Gasteiger partial charge is 0.790 e. The van der Waals surface area contributed by atoms with Crippen LogP contribution in [0.1, 0.15) is 12.6 Å². The molecule has 1 fully saturated rings. The Kier molecular flexibility index (Phi) is 8.27. The third-order valence-corrected chi connectivity index (χ3v) is 3.74. The van der Waals surface area contributed by atoms with Gasteiger partial charge in [-0.15, -0.1) is 0 Å². The second-order valence-corrected chi connectivity index (χ2v) is 5.88. The summed E-state index contributed by atoms with van der Waals surface area (Å²) in [5.74, 6) is 0. The number of hydrogen-bond acceptors (Lipinski definition) is 9. The maximum absolute atomic E-state index is 11.6. The quantitative estimate of drug-likeness (QED) is 0.389. The molecule has 3 rings (SSSR count). The summed E-state index contributed by atoms with van der Waals surface area (Å²) in [5, 5.41) is 9.86. The van der Waals surface area contributed by atoms with E-state index in [4.69, 9.17) is 4.74 Å². The Hall–Kier alpha value is 0.380. The van der Waals surface area contributed by atoms with Crippen molar-refractivity contribution in [1.82, 2.24) is 19.5 Å². The van der Waals surface area contributed by atoms with Gasteiger partial charge in [0.1, 0.15) is 12.3 Å². The first-order valence-corrected chi connectivity index (χ1v) is 7.71. The van der Waals surface area contributed by atoms with Gasteiger partial charge in [0.05, 0.1) is 33.2 Å². The molecule has 3 atom stereocenters. The average Bonchev–Trinajstić information content (AvgIpc) is 3.00. The predicted molar refractivity (Wildman–Crippen MR) is 66.2 cm³/mol. The van der Waals surface area contributed by atoms with Crippen molar-refractivity contribution in [2.24, 2.45) is 0 Å². The Morgan fingerprint density at radius 1 is 1.46 bits per heavy atom. The number of fused-ring (bicyclic) bond motifs is 1. The van der Waals surface area contributed by atoms with Crippen molar-refractivity contribution in [3.8, 4) is 0 Å². The van der Waals surface area contributed by atoms with Gasteiger partial charge in [-0.3, -0.25) is 9.36 Å². The van der Waals surface area contributed by atoms with Gasteiger partial charge in [0.15, 0.2) is 11.2 Å². The van der Waals surface area contributed by atoms with Gasteiger partial charge < -0.3 is 33.7 Å². The first-order chi connectivity index (χ1) is 10.3. The summed E-state index contributed by atoms with van der Waals surface area (Å²) in [7, 11) is -5.14. The SMILES string of the molecule is O=c1[nH]cnc2c1ncn2[C@@H]1C[C@@H](O)[C@H](COP(=O)([O-])[O-])O1.[Na+].[Na+]. The second kappa shape index (κ2) is 8.85. The summed E-state index contributed by atoms with van der Waals surface area (Å²) in [6, 6.07) is 0. The Morgan fingerprint density at radius 3 is 2.83 bits per heavy atom. The zero-order chi connectivity index (χ0) is 15.9. The van der Waals surface area contributed by atoms with Crippen LogP contribution in [0.25, 0.3) is 11.2 Å². The number of nitrogens with one attached hydrogen (secondary N) is 1. The first kappa shape index (κ1) is 22.4. The van der Waals surface area contributed by atoms with Gasteiger partial charge in [-0.2, -0.15) is 0 Å². The molecule has 0 amide bonds. The van der Waals surface area contributed by atoms with E-state index >= 15 is 0 Å². The molecule has 1 saturated heterocycles. The van der Waals surface area contributed by atoms with Crippen LogP contribution < -0.4 is 74.5 Å². The third-order valence-electron chi connectivity index (χ3n) is 3.28. The topological polar surface area (TPSA) is 165 Å². The maximum Gasteiger partial charge on any atom is 1.00 e. The van der Waals surface area contributed by atoms with Gasteiger partial charge in [-0.25, -0.2) is 9.97 Å². The van der Waals surface area contributed by atoms with Crippen molar-refractivity contribution in [3.63, 3.8) is 0 Å². The number of rotatable bonds is 4. The number of imidazole rings is 1. The summed E-state index contributed by atoms with van der Waals surface area (Å²) in [4.78, 5) is 42.8. The summed E-state index contributed by atoms with van der Waals surface area (Å²) in [5.41, 5.74) is -0.0365. The van der Waals surface area contributed by atoms with Crippen molar-refractivity contribution >= 4 is 19.0 Å². The fourth-order valence-electron chi connectivity index (χ4n) is 2.27. The van der Waals surface area contributed by atoms with E-state index in [1.807, 2.05) is 0 Å². The van der Waals surface area contributed by atoms with Gasteiger partial charge in [0.25, 0.3) is 5.56 Å². The minimum absolute atomic E-state index is 0. The van der Waals surface area contributed by atoms with Crippen LogP contribution in [0.3, 0.4) is 0 Å². The molecular weight excluding hydrogens is 365 g/mol. The normalized spacial score (nSPS) is 23.7. The largest absolute Gasteiger partial charge is 1.00 e. The molecule has 3 heterocycles. The van der Waals surface area contributed by atoms with E-state index in [0.29, 0.717) is 0 Å². The standard InChI is InChI=1S/C10H13N4O7P.2Na/c15-5-1-7(21-6(5)2-20-22(17,18)19)14-4-13-8-9(14)11-3-12-10(8)16;;/h3-7,15H,1-2H2,(H,11,12,16)(H2,17,18,19);;/q;2*+1/p-2/t5-,6+,7+;;/m1../s1. The molecule has 1 aliphatic heterocycles. The van der Waals surface area contributed by atoms with Crippen LogP contribution in [0, 0.1) is 0 Å². The molecule has 0 spiro atoms. The zero-order valence-electron chi connectivity index (χ0n) is 13.0. The Balaban J connectivity index is 0.00000144. The predicted octanol–water partition coefficient (Wildman–Crippen LogP) is -8.38. The average molecular weight is 376 g/mol. The summed E-state index contributed by atoms with van der Waals surface area (Å²) in [6.07, 6.45) is -0.0764. The van der Waals surface area contributed by atoms with Gasteiger partial charge in [0.2, 0.25) is 0 Å². The van der Waals surface area contributed by atoms with Crippen molar-refractivity contribution in [3.05, 3.63) is 23.0 Å². The number of phosphoric ester groups is 1. The molecule has 11 nitrogen and oxygen atoms in total. The van der Waals surface area contributed by atoms with Crippen molar-refractivity contribution in [1.29, 1.82) is 0 Å². The number of aliphatic hydroxyl groups is 1. The van der Waals surface area contributed by atoms with E-state index in [9.17, 15) is 24.3 Å². The van der Waals surface area contributed by atoms with Gasteiger partial charge >= 0.3 is 59.1 Å². The molecule has 0 saturated carbocycles. The van der Waals surface area contributed by atoms with Crippen LogP contribution in [-0.2, 0) is 13.8 Å². The first-order valence-electron chi connectivity index (χ1n) is 6.25. The Bertz CT molecular complexity index is 793. The van der Waals surface area contributed by atoms with E-state index in [-0.39, 0.29) is 76.7 Å². The molecule has 0 aromatic carbocycles. The number of aromatic amines is 1. The van der Waals surface area contributed by atoms with Crippen LogP contribution in [0.15, 0.2) is 17.4 Å². The Labute approximate surface area is 179 Å². The fraction of sp³-hybridized carbons (Fsp3) is 0.500. The number of aliphatic hydroxyl groups excluding tert-OH is 1. The summed E-state index contributed by atoms with van der Waals surface area (Å²) >= 11 is 0. The van der Waals surface area contributed by atoms with Crippen LogP contribution in [0.4, 0.5) is 0 Å². The molecule has 14 heteroatoms. The molecule has 2 aromatic heterocycles. The number of ether oxygens (including phenoxy) is 1. The monoisotopic (exact) mass is 376 g/mol. The van der Waals surface area contributed by atoms with E-state index in [1.165, 1.54) is 17.2 Å². The molecule has 120 valence electrons. The second-order valence-electron chi connectivity index (χ2n) is 4.73. The van der Waals surface area contributed by atoms with Crippen LogP contribution >= 0.6 is 7.82 Å². The van der Waals surface area contributed by atoms with E-state index in [2.05, 4.69) is 19.5 Å². The number of hydrogen-bond donors (Lipinski definition) is 2. The van der Waals surface area contributed by atoms with Crippen LogP contribution in [0.5, 0.6) is 0 Å². The fourth-order valence-corrected chi connectivity index (χ4v) is 2.60. The van der Waals surface area contributed by atoms with Crippen molar-refractivity contribution in [2.75, 3.05) is 6.61 Å². The molecule has 1 aliphatic rings. The van der Waals surface area contributed by atoms with Crippen LogP contribution in [0.2, 0.25) is 0 Å². The minimum Gasteiger partial charge on any atom is -0.790 e.